The van der Waals surface area contributed by atoms with Crippen molar-refractivity contribution in [1.29, 1.82) is 0 Å². The SMILES string of the molecule is COc1ncc(-c2ccc(C(=O)O)c(Cl)c2)cn1. The van der Waals surface area contributed by atoms with E-state index in [1.54, 1.807) is 24.5 Å². The lowest BCUT2D eigenvalue weighted by Crippen LogP contribution is -1.97. The summed E-state index contributed by atoms with van der Waals surface area (Å²) in [7, 11) is 1.48. The van der Waals surface area contributed by atoms with E-state index in [-0.39, 0.29) is 16.6 Å². The van der Waals surface area contributed by atoms with E-state index >= 15 is 0 Å². The number of halogens is 1. The Morgan fingerprint density at radius 1 is 1.28 bits per heavy atom. The number of benzene rings is 1. The quantitative estimate of drug-likeness (QED) is 0.922. The Balaban J connectivity index is 2.39. The van der Waals surface area contributed by atoms with Gasteiger partial charge in [-0.05, 0) is 17.7 Å². The van der Waals surface area contributed by atoms with E-state index in [4.69, 9.17) is 21.4 Å². The van der Waals surface area contributed by atoms with Crippen LogP contribution in [0.4, 0.5) is 0 Å². The van der Waals surface area contributed by atoms with Gasteiger partial charge in [-0.15, -0.1) is 0 Å². The molecule has 0 atom stereocenters. The number of carboxylic acids is 1. The van der Waals surface area contributed by atoms with Crippen LogP contribution in [-0.4, -0.2) is 28.2 Å². The molecular formula is C12H9ClN2O3. The topological polar surface area (TPSA) is 72.3 Å². The van der Waals surface area contributed by atoms with E-state index in [2.05, 4.69) is 9.97 Å². The summed E-state index contributed by atoms with van der Waals surface area (Å²) in [4.78, 5) is 18.8. The number of methoxy groups -OCH3 is 1. The molecule has 0 saturated heterocycles. The summed E-state index contributed by atoms with van der Waals surface area (Å²) in [6.07, 6.45) is 3.16. The van der Waals surface area contributed by atoms with Gasteiger partial charge in [0.2, 0.25) is 0 Å². The zero-order chi connectivity index (χ0) is 13.1. The number of nitrogens with zero attached hydrogens (tertiary/aromatic N) is 2. The van der Waals surface area contributed by atoms with Crippen molar-refractivity contribution in [1.82, 2.24) is 9.97 Å². The highest BCUT2D eigenvalue weighted by Gasteiger charge is 2.10. The van der Waals surface area contributed by atoms with Gasteiger partial charge >= 0.3 is 12.0 Å². The molecule has 1 aromatic heterocycles. The molecule has 0 amide bonds. The number of carboxylic acid groups (broad SMARTS) is 1. The van der Waals surface area contributed by atoms with Gasteiger partial charge in [-0.2, -0.15) is 0 Å². The third-order valence-corrected chi connectivity index (χ3v) is 2.66. The van der Waals surface area contributed by atoms with Gasteiger partial charge in [0.15, 0.2) is 0 Å². The molecule has 0 radical (unpaired) electrons. The molecule has 0 saturated carbocycles. The first kappa shape index (κ1) is 12.3. The second-order valence-corrected chi connectivity index (χ2v) is 3.87. The highest BCUT2D eigenvalue weighted by molar-refractivity contribution is 6.33. The van der Waals surface area contributed by atoms with Crippen molar-refractivity contribution >= 4 is 17.6 Å². The Hall–Kier alpha value is -2.14. The van der Waals surface area contributed by atoms with Crippen molar-refractivity contribution in [2.75, 3.05) is 7.11 Å². The van der Waals surface area contributed by atoms with Gasteiger partial charge in [-0.1, -0.05) is 17.7 Å². The van der Waals surface area contributed by atoms with Crippen molar-refractivity contribution in [3.8, 4) is 17.1 Å². The summed E-state index contributed by atoms with van der Waals surface area (Å²) < 4.78 is 4.85. The third-order valence-electron chi connectivity index (χ3n) is 2.34. The van der Waals surface area contributed by atoms with Gasteiger partial charge in [0.05, 0.1) is 17.7 Å². The third kappa shape index (κ3) is 2.41. The average Bonchev–Trinajstić information content (AvgIpc) is 2.38. The number of aromatic carboxylic acids is 1. The number of aromatic nitrogens is 2. The van der Waals surface area contributed by atoms with Gasteiger partial charge < -0.3 is 9.84 Å². The number of hydrogen-bond donors (Lipinski definition) is 1. The molecule has 1 heterocycles. The second-order valence-electron chi connectivity index (χ2n) is 3.46. The van der Waals surface area contributed by atoms with E-state index in [0.717, 1.165) is 11.1 Å². The van der Waals surface area contributed by atoms with Crippen LogP contribution < -0.4 is 4.74 Å². The molecule has 0 fully saturated rings. The lowest BCUT2D eigenvalue weighted by Gasteiger charge is -2.04. The summed E-state index contributed by atoms with van der Waals surface area (Å²) >= 11 is 5.89. The molecule has 1 aromatic carbocycles. The maximum absolute atomic E-state index is 10.8. The molecule has 18 heavy (non-hydrogen) atoms. The Bertz CT molecular complexity index is 584. The summed E-state index contributed by atoms with van der Waals surface area (Å²) in [5.41, 5.74) is 1.54. The highest BCUT2D eigenvalue weighted by Crippen LogP contribution is 2.25. The minimum atomic E-state index is -1.06. The van der Waals surface area contributed by atoms with Crippen LogP contribution in [-0.2, 0) is 0 Å². The number of hydrogen-bond acceptors (Lipinski definition) is 4. The monoisotopic (exact) mass is 264 g/mol. The lowest BCUT2D eigenvalue weighted by molar-refractivity contribution is 0.0697. The average molecular weight is 265 g/mol. The molecule has 2 rings (SSSR count). The van der Waals surface area contributed by atoms with Crippen LogP contribution in [0.2, 0.25) is 5.02 Å². The Morgan fingerprint density at radius 2 is 1.94 bits per heavy atom. The standard InChI is InChI=1S/C12H9ClN2O3/c1-18-12-14-5-8(6-15-12)7-2-3-9(11(16)17)10(13)4-7/h2-6H,1H3,(H,16,17). The van der Waals surface area contributed by atoms with E-state index in [1.165, 1.54) is 13.2 Å². The van der Waals surface area contributed by atoms with Crippen molar-refractivity contribution in [3.05, 3.63) is 41.2 Å². The first-order valence-corrected chi connectivity index (χ1v) is 5.39. The lowest BCUT2D eigenvalue weighted by atomic mass is 10.1. The molecule has 0 aliphatic carbocycles. The van der Waals surface area contributed by atoms with Crippen LogP contribution >= 0.6 is 11.6 Å². The molecule has 0 unspecified atom stereocenters. The van der Waals surface area contributed by atoms with E-state index in [1.807, 2.05) is 0 Å². The summed E-state index contributed by atoms with van der Waals surface area (Å²) in [5.74, 6) is -1.06. The van der Waals surface area contributed by atoms with Crippen LogP contribution in [0.1, 0.15) is 10.4 Å². The van der Waals surface area contributed by atoms with Gasteiger partial charge in [0.25, 0.3) is 0 Å². The maximum Gasteiger partial charge on any atom is 0.337 e. The first-order chi connectivity index (χ1) is 8.61. The van der Waals surface area contributed by atoms with Crippen molar-refractivity contribution < 1.29 is 14.6 Å². The number of ether oxygens (including phenoxy) is 1. The second kappa shape index (κ2) is 5.01. The zero-order valence-corrected chi connectivity index (χ0v) is 10.2. The fraction of sp³-hybridized carbons (Fsp3) is 0.0833. The fourth-order valence-corrected chi connectivity index (χ4v) is 1.70. The molecule has 5 nitrogen and oxygen atoms in total. The minimum Gasteiger partial charge on any atom is -0.478 e. The largest absolute Gasteiger partial charge is 0.478 e. The van der Waals surface area contributed by atoms with E-state index in [0.29, 0.717) is 0 Å². The summed E-state index contributed by atoms with van der Waals surface area (Å²) in [6.45, 7) is 0. The fourth-order valence-electron chi connectivity index (χ4n) is 1.44. The molecular weight excluding hydrogens is 256 g/mol. The van der Waals surface area contributed by atoms with Crippen LogP contribution in [0.5, 0.6) is 6.01 Å². The molecule has 0 spiro atoms. The van der Waals surface area contributed by atoms with Crippen LogP contribution in [0.15, 0.2) is 30.6 Å². The Labute approximate surface area is 108 Å². The molecule has 0 bridgehead atoms. The van der Waals surface area contributed by atoms with Crippen LogP contribution in [0.25, 0.3) is 11.1 Å². The van der Waals surface area contributed by atoms with Crippen molar-refractivity contribution in [2.24, 2.45) is 0 Å². The Kier molecular flexibility index (Phi) is 3.43. The molecule has 6 heteroatoms. The van der Waals surface area contributed by atoms with E-state index < -0.39 is 5.97 Å². The number of carbonyl (C=O) groups is 1. The van der Waals surface area contributed by atoms with Crippen LogP contribution in [0, 0.1) is 0 Å². The van der Waals surface area contributed by atoms with Crippen molar-refractivity contribution in [2.45, 2.75) is 0 Å². The maximum atomic E-state index is 10.8. The zero-order valence-electron chi connectivity index (χ0n) is 9.42. The van der Waals surface area contributed by atoms with Crippen molar-refractivity contribution in [3.63, 3.8) is 0 Å². The molecule has 92 valence electrons. The molecule has 0 aliphatic rings. The van der Waals surface area contributed by atoms with Crippen LogP contribution in [0.3, 0.4) is 0 Å². The summed E-state index contributed by atoms with van der Waals surface area (Å²) in [6, 6.07) is 4.94. The van der Waals surface area contributed by atoms with Gasteiger partial charge in [0.1, 0.15) is 0 Å². The minimum absolute atomic E-state index is 0.0647. The molecule has 2 aromatic rings. The smallest absolute Gasteiger partial charge is 0.337 e. The molecule has 0 aliphatic heterocycles. The predicted molar refractivity (Wildman–Crippen MR) is 66.0 cm³/mol. The van der Waals surface area contributed by atoms with Gasteiger partial charge in [0, 0.05) is 18.0 Å². The van der Waals surface area contributed by atoms with Gasteiger partial charge in [-0.25, -0.2) is 14.8 Å². The predicted octanol–water partition coefficient (Wildman–Crippen LogP) is 2.50. The van der Waals surface area contributed by atoms with Gasteiger partial charge in [-0.3, -0.25) is 0 Å². The first-order valence-electron chi connectivity index (χ1n) is 5.01. The Morgan fingerprint density at radius 3 is 2.44 bits per heavy atom. The number of rotatable bonds is 3. The highest BCUT2D eigenvalue weighted by atomic mass is 35.5. The summed E-state index contributed by atoms with van der Waals surface area (Å²) in [5, 5.41) is 9.05. The normalized spacial score (nSPS) is 10.1. The van der Waals surface area contributed by atoms with E-state index in [9.17, 15) is 4.79 Å². The molecule has 1 N–H and O–H groups in total.